The monoisotopic (exact) mass is 464 g/mol. The molecular formula is C32H24N4. The van der Waals surface area contributed by atoms with Gasteiger partial charge in [0.25, 0.3) is 0 Å². The minimum absolute atomic E-state index is 1.08. The van der Waals surface area contributed by atoms with Crippen LogP contribution in [0.4, 0.5) is 0 Å². The Hall–Kier alpha value is -4.96. The van der Waals surface area contributed by atoms with Crippen molar-refractivity contribution in [3.8, 4) is 11.4 Å². The summed E-state index contributed by atoms with van der Waals surface area (Å²) >= 11 is 0. The van der Waals surface area contributed by atoms with Gasteiger partial charge in [0.05, 0.1) is 12.7 Å². The molecule has 0 spiro atoms. The zero-order valence-electron chi connectivity index (χ0n) is 19.6. The smallest absolute Gasteiger partial charge is 0.0991 e. The van der Waals surface area contributed by atoms with E-state index in [1.54, 1.807) is 12.4 Å². The Morgan fingerprint density at radius 3 is 1.11 bits per heavy atom. The van der Waals surface area contributed by atoms with Gasteiger partial charge < -0.3 is 9.13 Å². The Balaban J connectivity index is 1.57. The van der Waals surface area contributed by atoms with Gasteiger partial charge in [0, 0.05) is 36.2 Å². The van der Waals surface area contributed by atoms with Crippen molar-refractivity contribution >= 4 is 11.1 Å². The lowest BCUT2D eigenvalue weighted by Crippen LogP contribution is -1.99. The fourth-order valence-corrected chi connectivity index (χ4v) is 4.54. The van der Waals surface area contributed by atoms with Crippen LogP contribution in [0.2, 0.25) is 0 Å². The third kappa shape index (κ3) is 4.28. The van der Waals surface area contributed by atoms with Gasteiger partial charge in [-0.3, -0.25) is 0 Å². The first-order valence-electron chi connectivity index (χ1n) is 11.9. The molecule has 172 valence electrons. The lowest BCUT2D eigenvalue weighted by molar-refractivity contribution is 1.06. The van der Waals surface area contributed by atoms with Crippen molar-refractivity contribution in [3.63, 3.8) is 0 Å². The third-order valence-corrected chi connectivity index (χ3v) is 6.29. The Labute approximate surface area is 210 Å². The van der Waals surface area contributed by atoms with E-state index >= 15 is 0 Å². The van der Waals surface area contributed by atoms with Gasteiger partial charge in [-0.25, -0.2) is 9.97 Å². The molecular weight excluding hydrogens is 440 g/mol. The van der Waals surface area contributed by atoms with E-state index < -0.39 is 0 Å². The molecule has 0 fully saturated rings. The van der Waals surface area contributed by atoms with Crippen LogP contribution in [0.5, 0.6) is 0 Å². The van der Waals surface area contributed by atoms with Crippen molar-refractivity contribution in [2.75, 3.05) is 0 Å². The minimum Gasteiger partial charge on any atom is -0.306 e. The lowest BCUT2D eigenvalue weighted by Gasteiger charge is -2.19. The molecule has 0 amide bonds. The molecule has 6 aromatic rings. The molecule has 0 aliphatic heterocycles. The molecule has 0 unspecified atom stereocenters. The topological polar surface area (TPSA) is 35.6 Å². The van der Waals surface area contributed by atoms with Crippen molar-refractivity contribution in [1.82, 2.24) is 19.1 Å². The van der Waals surface area contributed by atoms with Gasteiger partial charge in [-0.2, -0.15) is 0 Å². The van der Waals surface area contributed by atoms with Crippen LogP contribution in [0.3, 0.4) is 0 Å². The van der Waals surface area contributed by atoms with E-state index in [0.717, 1.165) is 22.5 Å². The van der Waals surface area contributed by atoms with Crippen molar-refractivity contribution < 1.29 is 0 Å². The van der Waals surface area contributed by atoms with Crippen molar-refractivity contribution in [2.24, 2.45) is 0 Å². The summed E-state index contributed by atoms with van der Waals surface area (Å²) in [7, 11) is 0. The summed E-state index contributed by atoms with van der Waals surface area (Å²) in [5.41, 5.74) is 9.19. The molecule has 2 heterocycles. The van der Waals surface area contributed by atoms with Gasteiger partial charge in [0.2, 0.25) is 0 Å². The molecule has 0 bridgehead atoms. The molecule has 4 heteroatoms. The van der Waals surface area contributed by atoms with Crippen molar-refractivity contribution in [2.45, 2.75) is 0 Å². The highest BCUT2D eigenvalue weighted by Crippen LogP contribution is 2.37. The predicted octanol–water partition coefficient (Wildman–Crippen LogP) is 7.07. The second kappa shape index (κ2) is 9.72. The standard InChI is InChI=1S/C32H24N4/c1-3-7-25(8-4-1)31(27-11-15-29(16-12-27)35-21-19-33-23-35)32(26-9-5-2-6-10-26)28-13-17-30(18-14-28)36-22-20-34-24-36/h1-24H. The first-order chi connectivity index (χ1) is 17.9. The highest BCUT2D eigenvalue weighted by atomic mass is 15.0. The minimum atomic E-state index is 1.08. The first kappa shape index (κ1) is 21.6. The molecule has 36 heavy (non-hydrogen) atoms. The maximum absolute atomic E-state index is 4.18. The van der Waals surface area contributed by atoms with Crippen LogP contribution < -0.4 is 0 Å². The maximum Gasteiger partial charge on any atom is 0.0991 e. The molecule has 0 atom stereocenters. The Bertz CT molecular complexity index is 1440. The average molecular weight is 465 g/mol. The fourth-order valence-electron chi connectivity index (χ4n) is 4.54. The number of hydrogen-bond donors (Lipinski definition) is 0. The maximum atomic E-state index is 4.18. The molecule has 0 N–H and O–H groups in total. The summed E-state index contributed by atoms with van der Waals surface area (Å²) in [6.07, 6.45) is 11.1. The molecule has 4 aromatic carbocycles. The number of hydrogen-bond acceptors (Lipinski definition) is 2. The normalized spacial score (nSPS) is 11.8. The summed E-state index contributed by atoms with van der Waals surface area (Å²) in [5, 5.41) is 0. The van der Waals surface area contributed by atoms with E-state index in [1.807, 2.05) is 34.2 Å². The van der Waals surface area contributed by atoms with E-state index in [9.17, 15) is 0 Å². The largest absolute Gasteiger partial charge is 0.306 e. The molecule has 0 saturated carbocycles. The van der Waals surface area contributed by atoms with E-state index in [4.69, 9.17) is 0 Å². The van der Waals surface area contributed by atoms with Crippen LogP contribution in [0.15, 0.2) is 147 Å². The molecule has 0 aliphatic rings. The third-order valence-electron chi connectivity index (χ3n) is 6.29. The number of rotatable bonds is 6. The zero-order chi connectivity index (χ0) is 24.2. The van der Waals surface area contributed by atoms with Gasteiger partial charge >= 0.3 is 0 Å². The Morgan fingerprint density at radius 2 is 0.778 bits per heavy atom. The summed E-state index contributed by atoms with van der Waals surface area (Å²) in [4.78, 5) is 8.37. The molecule has 0 radical (unpaired) electrons. The summed E-state index contributed by atoms with van der Waals surface area (Å²) in [5.74, 6) is 0. The van der Waals surface area contributed by atoms with Gasteiger partial charge in [-0.05, 0) is 57.7 Å². The van der Waals surface area contributed by atoms with Gasteiger partial charge in [-0.1, -0.05) is 84.9 Å². The summed E-state index contributed by atoms with van der Waals surface area (Å²) in [6.45, 7) is 0. The second-order valence-corrected chi connectivity index (χ2v) is 8.52. The van der Waals surface area contributed by atoms with Crippen LogP contribution in [0, 0.1) is 0 Å². The molecule has 0 aliphatic carbocycles. The second-order valence-electron chi connectivity index (χ2n) is 8.52. The number of benzene rings is 4. The van der Waals surface area contributed by atoms with Crippen molar-refractivity contribution in [1.29, 1.82) is 0 Å². The van der Waals surface area contributed by atoms with Crippen LogP contribution in [0.1, 0.15) is 22.3 Å². The summed E-state index contributed by atoms with van der Waals surface area (Å²) < 4.78 is 4.03. The van der Waals surface area contributed by atoms with E-state index in [0.29, 0.717) is 0 Å². The van der Waals surface area contributed by atoms with E-state index in [-0.39, 0.29) is 0 Å². The zero-order valence-corrected chi connectivity index (χ0v) is 19.6. The molecule has 6 rings (SSSR count). The number of nitrogens with zero attached hydrogens (tertiary/aromatic N) is 4. The summed E-state index contributed by atoms with van der Waals surface area (Å²) in [6, 6.07) is 38.6. The number of aromatic nitrogens is 4. The van der Waals surface area contributed by atoms with Gasteiger partial charge in [0.1, 0.15) is 0 Å². The predicted molar refractivity (Wildman–Crippen MR) is 145 cm³/mol. The highest BCUT2D eigenvalue weighted by Gasteiger charge is 2.16. The Morgan fingerprint density at radius 1 is 0.417 bits per heavy atom. The fraction of sp³-hybridized carbons (Fsp3) is 0. The van der Waals surface area contributed by atoms with Crippen LogP contribution in [0.25, 0.3) is 22.5 Å². The SMILES string of the molecule is c1ccc(C(=C(c2ccccc2)c2ccc(-n3ccnc3)cc2)c2ccc(-n3ccnc3)cc2)cc1. The first-order valence-corrected chi connectivity index (χ1v) is 11.9. The van der Waals surface area contributed by atoms with Gasteiger partial charge in [0.15, 0.2) is 0 Å². The van der Waals surface area contributed by atoms with Crippen LogP contribution in [-0.2, 0) is 0 Å². The van der Waals surface area contributed by atoms with E-state index in [2.05, 4.69) is 119 Å². The van der Waals surface area contributed by atoms with Gasteiger partial charge in [-0.15, -0.1) is 0 Å². The number of imidazole rings is 2. The average Bonchev–Trinajstić information content (AvgIpc) is 3.69. The molecule has 2 aromatic heterocycles. The molecule has 4 nitrogen and oxygen atoms in total. The van der Waals surface area contributed by atoms with Crippen LogP contribution >= 0.6 is 0 Å². The van der Waals surface area contributed by atoms with Crippen LogP contribution in [-0.4, -0.2) is 19.1 Å². The quantitative estimate of drug-likeness (QED) is 0.247. The van der Waals surface area contributed by atoms with Crippen molar-refractivity contribution in [3.05, 3.63) is 169 Å². The lowest BCUT2D eigenvalue weighted by atomic mass is 9.85. The Kier molecular flexibility index (Phi) is 5.83. The van der Waals surface area contributed by atoms with E-state index in [1.165, 1.54) is 22.3 Å². The highest BCUT2D eigenvalue weighted by molar-refractivity contribution is 6.04. The molecule has 0 saturated heterocycles.